The van der Waals surface area contributed by atoms with Gasteiger partial charge in [-0.05, 0) is 36.6 Å². The van der Waals surface area contributed by atoms with Crippen molar-refractivity contribution in [1.29, 1.82) is 0 Å². The summed E-state index contributed by atoms with van der Waals surface area (Å²) in [4.78, 5) is 0. The predicted molar refractivity (Wildman–Crippen MR) is 82.5 cm³/mol. The molecule has 2 aromatic rings. The minimum Gasteiger partial charge on any atom is -0.211 e. The van der Waals surface area contributed by atoms with E-state index in [1.54, 1.807) is 18.2 Å². The zero-order valence-corrected chi connectivity index (χ0v) is 11.9. The molecule has 0 bridgehead atoms. The van der Waals surface area contributed by atoms with Gasteiger partial charge in [0.15, 0.2) is 0 Å². The van der Waals surface area contributed by atoms with Crippen molar-refractivity contribution in [2.45, 2.75) is 6.92 Å². The molecule has 0 saturated carbocycles. The quantitative estimate of drug-likeness (QED) is 0.791. The van der Waals surface area contributed by atoms with Gasteiger partial charge in [0.2, 0.25) is 9.84 Å². The van der Waals surface area contributed by atoms with Crippen LogP contribution in [0.15, 0.2) is 60.0 Å². The third kappa shape index (κ3) is 4.42. The van der Waals surface area contributed by atoms with Gasteiger partial charge in [0.05, 0.1) is 0 Å². The summed E-state index contributed by atoms with van der Waals surface area (Å²) in [6.45, 7) is 1.98. The summed E-state index contributed by atoms with van der Waals surface area (Å²) in [5, 5.41) is 3.42. The molecule has 0 fully saturated rings. The third-order valence-electron chi connectivity index (χ3n) is 2.63. The maximum atomic E-state index is 11.8. The van der Waals surface area contributed by atoms with Gasteiger partial charge in [-0.25, -0.2) is 8.42 Å². The van der Waals surface area contributed by atoms with Crippen molar-refractivity contribution in [3.05, 3.63) is 76.7 Å². The van der Waals surface area contributed by atoms with Gasteiger partial charge in [0.25, 0.3) is 0 Å². The van der Waals surface area contributed by atoms with E-state index < -0.39 is 9.84 Å². The molecule has 3 heteroatoms. The molecule has 20 heavy (non-hydrogen) atoms. The largest absolute Gasteiger partial charge is 0.238 e. The van der Waals surface area contributed by atoms with Crippen molar-refractivity contribution < 1.29 is 8.42 Å². The summed E-state index contributed by atoms with van der Waals surface area (Å²) >= 11 is 0. The Morgan fingerprint density at radius 2 is 1.60 bits per heavy atom. The molecule has 0 radical (unpaired) electrons. The molecule has 0 aliphatic rings. The average Bonchev–Trinajstić information content (AvgIpc) is 2.46. The van der Waals surface area contributed by atoms with Gasteiger partial charge in [-0.15, -0.1) is 0 Å². The lowest BCUT2D eigenvalue weighted by Gasteiger charge is -1.93. The Labute approximate surface area is 119 Å². The number of benzene rings is 2. The van der Waals surface area contributed by atoms with Gasteiger partial charge in [-0.1, -0.05) is 48.0 Å². The molecule has 2 nitrogen and oxygen atoms in total. The van der Waals surface area contributed by atoms with Crippen LogP contribution in [0.25, 0.3) is 6.08 Å². The zero-order chi connectivity index (χ0) is 14.4. The first kappa shape index (κ1) is 14.1. The van der Waals surface area contributed by atoms with Crippen LogP contribution in [0.3, 0.4) is 0 Å². The van der Waals surface area contributed by atoms with E-state index in [-0.39, 0.29) is 0 Å². The van der Waals surface area contributed by atoms with Crippen LogP contribution >= 0.6 is 0 Å². The van der Waals surface area contributed by atoms with E-state index in [9.17, 15) is 8.42 Å². The van der Waals surface area contributed by atoms with Gasteiger partial charge >= 0.3 is 0 Å². The molecule has 2 rings (SSSR count). The number of hydrogen-bond acceptors (Lipinski definition) is 2. The number of rotatable bonds is 2. The lowest BCUT2D eigenvalue weighted by Crippen LogP contribution is -1.89. The highest BCUT2D eigenvalue weighted by molar-refractivity contribution is 7.98. The van der Waals surface area contributed by atoms with Gasteiger partial charge < -0.3 is 0 Å². The number of aryl methyl sites for hydroxylation is 1. The minimum atomic E-state index is -3.53. The van der Waals surface area contributed by atoms with Crippen LogP contribution in [0.4, 0.5) is 0 Å². The Morgan fingerprint density at radius 1 is 0.950 bits per heavy atom. The van der Waals surface area contributed by atoms with Crippen LogP contribution < -0.4 is 0 Å². The predicted octanol–water partition coefficient (Wildman–Crippen LogP) is 3.39. The maximum Gasteiger partial charge on any atom is 0.238 e. The second-order valence-corrected chi connectivity index (χ2v) is 5.92. The highest BCUT2D eigenvalue weighted by atomic mass is 32.2. The molecule has 0 amide bonds. The molecule has 0 atom stereocenters. The average molecular weight is 282 g/mol. The van der Waals surface area contributed by atoms with Crippen LogP contribution in [0, 0.1) is 18.1 Å². The fraction of sp³-hybridized carbons (Fsp3) is 0.0588. The number of hydrogen-bond donors (Lipinski definition) is 0. The molecule has 0 aliphatic heterocycles. The Morgan fingerprint density at radius 3 is 2.25 bits per heavy atom. The van der Waals surface area contributed by atoms with Gasteiger partial charge in [-0.2, -0.15) is 0 Å². The second kappa shape index (κ2) is 6.23. The van der Waals surface area contributed by atoms with Gasteiger partial charge in [0, 0.05) is 16.2 Å². The minimum absolute atomic E-state index is 0.680. The molecule has 100 valence electrons. The fourth-order valence-corrected chi connectivity index (χ4v) is 2.20. The first-order valence-electron chi connectivity index (χ1n) is 6.13. The van der Waals surface area contributed by atoms with Crippen molar-refractivity contribution in [2.24, 2.45) is 0 Å². The Hall–Kier alpha value is -2.31. The monoisotopic (exact) mass is 282 g/mol. The molecule has 0 saturated heterocycles. The van der Waals surface area contributed by atoms with Crippen molar-refractivity contribution >= 4 is 15.9 Å². The van der Waals surface area contributed by atoms with Gasteiger partial charge in [-0.3, -0.25) is 0 Å². The number of sulfone groups is 1. The van der Waals surface area contributed by atoms with E-state index in [2.05, 4.69) is 11.2 Å². The Kier molecular flexibility index (Phi) is 4.39. The highest BCUT2D eigenvalue weighted by Gasteiger charge is 1.99. The van der Waals surface area contributed by atoms with E-state index in [4.69, 9.17) is 0 Å². The van der Waals surface area contributed by atoms with Crippen molar-refractivity contribution in [2.75, 3.05) is 0 Å². The SMILES string of the molecule is Cc1ccc(/C=C/S(=O)(=O)C#Cc2ccccc2)cc1. The molecule has 2 aromatic carbocycles. The van der Waals surface area contributed by atoms with E-state index in [0.717, 1.165) is 16.5 Å². The lowest BCUT2D eigenvalue weighted by atomic mass is 10.2. The third-order valence-corrected chi connectivity index (χ3v) is 3.51. The first-order valence-corrected chi connectivity index (χ1v) is 7.67. The highest BCUT2D eigenvalue weighted by Crippen LogP contribution is 2.06. The molecule has 0 aromatic heterocycles. The van der Waals surface area contributed by atoms with E-state index in [1.807, 2.05) is 49.4 Å². The smallest absolute Gasteiger partial charge is 0.211 e. The van der Waals surface area contributed by atoms with Crippen LogP contribution in [-0.2, 0) is 9.84 Å². The summed E-state index contributed by atoms with van der Waals surface area (Å²) < 4.78 is 23.6. The molecule has 0 spiro atoms. The molecular weight excluding hydrogens is 268 g/mol. The van der Waals surface area contributed by atoms with E-state index in [0.29, 0.717) is 5.56 Å². The molecule has 0 aliphatic carbocycles. The Bertz CT molecular complexity index is 759. The summed E-state index contributed by atoms with van der Waals surface area (Å²) in [5.74, 6) is 2.64. The summed E-state index contributed by atoms with van der Waals surface area (Å²) in [7, 11) is -3.53. The molecular formula is C17H14O2S. The normalized spacial score (nSPS) is 11.1. The summed E-state index contributed by atoms with van der Waals surface area (Å²) in [6, 6.07) is 16.6. The van der Waals surface area contributed by atoms with Crippen molar-refractivity contribution in [3.8, 4) is 11.2 Å². The second-order valence-electron chi connectivity index (χ2n) is 4.35. The lowest BCUT2D eigenvalue weighted by molar-refractivity contribution is 0.614. The van der Waals surface area contributed by atoms with E-state index >= 15 is 0 Å². The van der Waals surface area contributed by atoms with Crippen molar-refractivity contribution in [3.63, 3.8) is 0 Å². The zero-order valence-electron chi connectivity index (χ0n) is 11.1. The Balaban J connectivity index is 2.16. The summed E-state index contributed by atoms with van der Waals surface area (Å²) in [6.07, 6.45) is 1.55. The van der Waals surface area contributed by atoms with Crippen LogP contribution in [0.2, 0.25) is 0 Å². The fourth-order valence-electron chi connectivity index (χ4n) is 1.53. The topological polar surface area (TPSA) is 34.1 Å². The molecule has 0 N–H and O–H groups in total. The van der Waals surface area contributed by atoms with Crippen molar-refractivity contribution in [1.82, 2.24) is 0 Å². The van der Waals surface area contributed by atoms with Crippen LogP contribution in [-0.4, -0.2) is 8.42 Å². The molecule has 0 heterocycles. The van der Waals surface area contributed by atoms with Crippen LogP contribution in [0.1, 0.15) is 16.7 Å². The van der Waals surface area contributed by atoms with Gasteiger partial charge in [0.1, 0.15) is 0 Å². The maximum absolute atomic E-state index is 11.8. The first-order chi connectivity index (χ1) is 9.55. The standard InChI is InChI=1S/C17H14O2S/c1-15-7-9-17(10-8-15)12-14-20(18,19)13-11-16-5-3-2-4-6-16/h2-10,12,14H,1H3/b14-12+. The summed E-state index contributed by atoms with van der Waals surface area (Å²) in [5.41, 5.74) is 2.65. The van der Waals surface area contributed by atoms with Crippen LogP contribution in [0.5, 0.6) is 0 Å². The van der Waals surface area contributed by atoms with E-state index in [1.165, 1.54) is 0 Å². The molecule has 0 unspecified atom stereocenters.